The normalized spacial score (nSPS) is 15.6. The van der Waals surface area contributed by atoms with Gasteiger partial charge in [0.15, 0.2) is 0 Å². The highest BCUT2D eigenvalue weighted by atomic mass is 32.2. The van der Waals surface area contributed by atoms with Crippen molar-refractivity contribution < 1.29 is 78.5 Å². The lowest BCUT2D eigenvalue weighted by Gasteiger charge is -2.40. The molecule has 0 saturated heterocycles. The molecule has 0 heterocycles. The lowest BCUT2D eigenvalue weighted by Crippen LogP contribution is -2.73. The van der Waals surface area contributed by atoms with E-state index in [4.69, 9.17) is 0 Å². The Kier molecular flexibility index (Phi) is 8.11. The molecule has 0 aliphatic rings. The van der Waals surface area contributed by atoms with E-state index < -0.39 is 57.8 Å². The molecule has 0 unspecified atom stereocenters. The first-order valence-corrected chi connectivity index (χ1v) is 7.55. The first-order chi connectivity index (χ1) is 12.3. The Morgan fingerprint density at radius 3 is 1.23 bits per heavy atom. The molecule has 0 saturated carbocycles. The molecular weight excluding hydrogens is 499 g/mol. The van der Waals surface area contributed by atoms with E-state index in [9.17, 15) is 74.3 Å². The first-order valence-electron chi connectivity index (χ1n) is 6.14. The molecule has 30 heavy (non-hydrogen) atoms. The van der Waals surface area contributed by atoms with Crippen molar-refractivity contribution in [2.45, 2.75) is 41.0 Å². The number of hydrogen-bond acceptors (Lipinski definition) is 4. The highest BCUT2D eigenvalue weighted by molar-refractivity contribution is 7.87. The van der Waals surface area contributed by atoms with Crippen molar-refractivity contribution in [3.05, 3.63) is 12.7 Å². The van der Waals surface area contributed by atoms with E-state index in [0.29, 0.717) is 0 Å². The van der Waals surface area contributed by atoms with Crippen molar-refractivity contribution in [1.82, 2.24) is 6.15 Å². The standard InChI is InChI=1S/C10H5F15O3S.H3N/c1-2-3-28-29(26,27)10(24,25)8(19,20)6(15,16)4(11,12)5(13,14)7(17,18)9(21,22)23;/h2H,1,3H2;1H3. The van der Waals surface area contributed by atoms with E-state index >= 15 is 0 Å². The van der Waals surface area contributed by atoms with E-state index in [0.717, 1.165) is 0 Å². The SMILES string of the molecule is C=CCOS(=O)(=O)C(F)(F)C(F)(F)C(F)(F)C(F)(F)C(F)(F)C(F)(F)C(F)(F)F.N. The highest BCUT2D eigenvalue weighted by Crippen LogP contribution is 2.62. The summed E-state index contributed by atoms with van der Waals surface area (Å²) in [4.78, 5) is 0. The Morgan fingerprint density at radius 2 is 0.933 bits per heavy atom. The minimum absolute atomic E-state index is 0. The smallest absolute Gasteiger partial charge is 0.344 e. The van der Waals surface area contributed by atoms with Crippen LogP contribution in [0.3, 0.4) is 0 Å². The van der Waals surface area contributed by atoms with Crippen LogP contribution in [0.2, 0.25) is 0 Å². The monoisotopic (exact) mass is 507 g/mol. The zero-order valence-corrected chi connectivity index (χ0v) is 14.3. The quantitative estimate of drug-likeness (QED) is 0.271. The summed E-state index contributed by atoms with van der Waals surface area (Å²) >= 11 is 0. The van der Waals surface area contributed by atoms with Crippen molar-refractivity contribution in [3.63, 3.8) is 0 Å². The van der Waals surface area contributed by atoms with Crippen LogP contribution in [-0.2, 0) is 14.3 Å². The fourth-order valence-corrected chi connectivity index (χ4v) is 2.19. The van der Waals surface area contributed by atoms with Crippen molar-refractivity contribution in [3.8, 4) is 0 Å². The second kappa shape index (κ2) is 7.92. The summed E-state index contributed by atoms with van der Waals surface area (Å²) in [6, 6.07) is 0. The summed E-state index contributed by atoms with van der Waals surface area (Å²) in [6.45, 7) is 0.931. The highest BCUT2D eigenvalue weighted by Gasteiger charge is 2.94. The molecule has 182 valence electrons. The summed E-state index contributed by atoms with van der Waals surface area (Å²) in [5.41, 5.74) is 0. The van der Waals surface area contributed by atoms with Crippen molar-refractivity contribution >= 4 is 10.1 Å². The van der Waals surface area contributed by atoms with Crippen LogP contribution >= 0.6 is 0 Å². The molecule has 0 aliphatic heterocycles. The maximum absolute atomic E-state index is 13.3. The van der Waals surface area contributed by atoms with Crippen LogP contribution in [0.25, 0.3) is 0 Å². The van der Waals surface area contributed by atoms with E-state index in [2.05, 4.69) is 10.8 Å². The van der Waals surface area contributed by atoms with Gasteiger partial charge in [0.25, 0.3) is 0 Å². The first kappa shape index (κ1) is 30.8. The predicted octanol–water partition coefficient (Wildman–Crippen LogP) is 5.01. The molecular formula is C10H8F15NO3S. The molecule has 0 amide bonds. The third kappa shape index (κ3) is 3.92. The minimum Gasteiger partial charge on any atom is -0.344 e. The molecule has 0 radical (unpaired) electrons. The number of hydrogen-bond donors (Lipinski definition) is 1. The van der Waals surface area contributed by atoms with E-state index in [1.165, 1.54) is 0 Å². The van der Waals surface area contributed by atoms with Crippen LogP contribution in [0.5, 0.6) is 0 Å². The molecule has 0 aromatic heterocycles. The van der Waals surface area contributed by atoms with Gasteiger partial charge in [-0.25, -0.2) is 0 Å². The van der Waals surface area contributed by atoms with E-state index in [1.807, 2.05) is 0 Å². The van der Waals surface area contributed by atoms with Gasteiger partial charge in [0.2, 0.25) is 0 Å². The Balaban J connectivity index is 0. The van der Waals surface area contributed by atoms with Gasteiger partial charge in [0, 0.05) is 0 Å². The average molecular weight is 507 g/mol. The molecule has 0 atom stereocenters. The Bertz CT molecular complexity index is 727. The molecule has 0 spiro atoms. The summed E-state index contributed by atoms with van der Waals surface area (Å²) in [5.74, 6) is -41.8. The Labute approximate surface area is 156 Å². The molecule has 0 aromatic carbocycles. The lowest BCUT2D eigenvalue weighted by atomic mass is 9.94. The molecule has 3 N–H and O–H groups in total. The number of rotatable bonds is 9. The van der Waals surface area contributed by atoms with Crippen molar-refractivity contribution in [2.24, 2.45) is 0 Å². The van der Waals surface area contributed by atoms with Gasteiger partial charge in [-0.05, 0) is 0 Å². The molecule has 0 rings (SSSR count). The van der Waals surface area contributed by atoms with Crippen LogP contribution in [0, 0.1) is 0 Å². The van der Waals surface area contributed by atoms with E-state index in [-0.39, 0.29) is 12.2 Å². The maximum Gasteiger partial charge on any atom is 0.460 e. The van der Waals surface area contributed by atoms with Gasteiger partial charge >= 0.3 is 51.2 Å². The summed E-state index contributed by atoms with van der Waals surface area (Å²) < 4.78 is 217. The van der Waals surface area contributed by atoms with E-state index in [1.54, 1.807) is 0 Å². The summed E-state index contributed by atoms with van der Waals surface area (Å²) in [5, 5.41) is -7.51. The third-order valence-electron chi connectivity index (χ3n) is 2.95. The molecule has 0 aliphatic carbocycles. The van der Waals surface area contributed by atoms with Gasteiger partial charge in [-0.2, -0.15) is 74.3 Å². The number of halogens is 15. The maximum atomic E-state index is 13.3. The fourth-order valence-electron chi connectivity index (χ4n) is 1.32. The fraction of sp³-hybridized carbons (Fsp3) is 0.800. The second-order valence-corrected chi connectivity index (χ2v) is 6.57. The van der Waals surface area contributed by atoms with Gasteiger partial charge < -0.3 is 6.15 Å². The molecule has 0 bridgehead atoms. The van der Waals surface area contributed by atoms with Gasteiger partial charge in [0.1, 0.15) is 0 Å². The van der Waals surface area contributed by atoms with Crippen LogP contribution in [0.1, 0.15) is 0 Å². The molecule has 0 aromatic rings. The van der Waals surface area contributed by atoms with Crippen LogP contribution in [0.15, 0.2) is 12.7 Å². The van der Waals surface area contributed by atoms with Crippen molar-refractivity contribution in [1.29, 1.82) is 0 Å². The minimum atomic E-state index is -8.57. The van der Waals surface area contributed by atoms with Crippen molar-refractivity contribution in [2.75, 3.05) is 6.61 Å². The molecule has 0 fully saturated rings. The number of alkyl halides is 15. The van der Waals surface area contributed by atoms with Gasteiger partial charge in [-0.1, -0.05) is 6.08 Å². The molecule has 4 nitrogen and oxygen atoms in total. The summed E-state index contributed by atoms with van der Waals surface area (Å²) in [6.07, 6.45) is -7.52. The zero-order chi connectivity index (χ0) is 24.1. The Hall–Kier alpha value is -1.44. The largest absolute Gasteiger partial charge is 0.460 e. The molecule has 20 heteroatoms. The summed E-state index contributed by atoms with van der Waals surface area (Å²) in [7, 11) is -7.35. The zero-order valence-electron chi connectivity index (χ0n) is 13.5. The lowest BCUT2D eigenvalue weighted by molar-refractivity contribution is -0.448. The van der Waals surface area contributed by atoms with Gasteiger partial charge in [-0.3, -0.25) is 4.18 Å². The third-order valence-corrected chi connectivity index (χ3v) is 4.28. The van der Waals surface area contributed by atoms with Gasteiger partial charge in [0.05, 0.1) is 6.61 Å². The topological polar surface area (TPSA) is 78.4 Å². The Morgan fingerprint density at radius 1 is 0.633 bits per heavy atom. The second-order valence-electron chi connectivity index (χ2n) is 4.91. The van der Waals surface area contributed by atoms with Gasteiger partial charge in [-0.15, -0.1) is 6.58 Å². The average Bonchev–Trinajstić information content (AvgIpc) is 2.50. The van der Waals surface area contributed by atoms with Crippen LogP contribution in [-0.4, -0.2) is 56.1 Å². The predicted molar refractivity (Wildman–Crippen MR) is 65.8 cm³/mol. The van der Waals surface area contributed by atoms with Crippen LogP contribution < -0.4 is 6.15 Å². The van der Waals surface area contributed by atoms with Crippen LogP contribution in [0.4, 0.5) is 65.9 Å².